The first-order chi connectivity index (χ1) is 8.66. The lowest BCUT2D eigenvalue weighted by Crippen LogP contribution is -2.37. The van der Waals surface area contributed by atoms with Gasteiger partial charge in [-0.25, -0.2) is 0 Å². The molecule has 18 heavy (non-hydrogen) atoms. The number of carbonyl (C=O) groups is 1. The van der Waals surface area contributed by atoms with E-state index in [4.69, 9.17) is 11.6 Å². The van der Waals surface area contributed by atoms with E-state index in [9.17, 15) is 4.79 Å². The minimum Gasteiger partial charge on any atom is -0.338 e. The molecule has 1 aromatic rings. The largest absolute Gasteiger partial charge is 0.338 e. The predicted molar refractivity (Wildman–Crippen MR) is 74.5 cm³/mol. The summed E-state index contributed by atoms with van der Waals surface area (Å²) in [7, 11) is 1.85. The van der Waals surface area contributed by atoms with Gasteiger partial charge < -0.3 is 10.2 Å². The lowest BCUT2D eigenvalue weighted by molar-refractivity contribution is -0.126. The highest BCUT2D eigenvalue weighted by atomic mass is 35.5. The van der Waals surface area contributed by atoms with Gasteiger partial charge in [-0.2, -0.15) is 0 Å². The Kier molecular flexibility index (Phi) is 4.39. The fourth-order valence-electron chi connectivity index (χ4n) is 2.01. The number of halogens is 1. The number of benzene rings is 1. The van der Waals surface area contributed by atoms with Gasteiger partial charge in [-0.15, -0.1) is 0 Å². The SMILES string of the molecule is CN(C(=O)C=Cc1ccc(Cl)cc1)C1CCNC1. The van der Waals surface area contributed by atoms with E-state index in [-0.39, 0.29) is 5.91 Å². The molecule has 1 atom stereocenters. The third-order valence-electron chi connectivity index (χ3n) is 3.22. The van der Waals surface area contributed by atoms with E-state index in [0.29, 0.717) is 11.1 Å². The van der Waals surface area contributed by atoms with Crippen LogP contribution in [0.3, 0.4) is 0 Å². The molecular weight excluding hydrogens is 248 g/mol. The van der Waals surface area contributed by atoms with Gasteiger partial charge >= 0.3 is 0 Å². The van der Waals surface area contributed by atoms with Gasteiger partial charge in [0.1, 0.15) is 0 Å². The Balaban J connectivity index is 1.95. The molecule has 0 bridgehead atoms. The third-order valence-corrected chi connectivity index (χ3v) is 3.47. The van der Waals surface area contributed by atoms with Gasteiger partial charge in [-0.3, -0.25) is 4.79 Å². The molecule has 1 aliphatic heterocycles. The van der Waals surface area contributed by atoms with Crippen LogP contribution in [0.5, 0.6) is 0 Å². The first-order valence-electron chi connectivity index (χ1n) is 6.08. The number of hydrogen-bond donors (Lipinski definition) is 1. The molecule has 0 saturated carbocycles. The monoisotopic (exact) mass is 264 g/mol. The van der Waals surface area contributed by atoms with E-state index in [2.05, 4.69) is 5.32 Å². The van der Waals surface area contributed by atoms with Gasteiger partial charge in [-0.05, 0) is 36.7 Å². The highest BCUT2D eigenvalue weighted by Gasteiger charge is 2.21. The summed E-state index contributed by atoms with van der Waals surface area (Å²) in [4.78, 5) is 13.8. The molecule has 1 fully saturated rings. The second kappa shape index (κ2) is 6.03. The summed E-state index contributed by atoms with van der Waals surface area (Å²) in [6.45, 7) is 1.88. The van der Waals surface area contributed by atoms with Crippen LogP contribution in [0.4, 0.5) is 0 Å². The van der Waals surface area contributed by atoms with Crippen LogP contribution in [0.15, 0.2) is 30.3 Å². The molecule has 1 amide bonds. The normalized spacial score (nSPS) is 19.3. The Morgan fingerprint density at radius 3 is 2.78 bits per heavy atom. The van der Waals surface area contributed by atoms with Crippen molar-refractivity contribution in [1.82, 2.24) is 10.2 Å². The number of hydrogen-bond acceptors (Lipinski definition) is 2. The lowest BCUT2D eigenvalue weighted by Gasteiger charge is -2.22. The van der Waals surface area contributed by atoms with Gasteiger partial charge in [0.15, 0.2) is 0 Å². The maximum absolute atomic E-state index is 12.0. The Morgan fingerprint density at radius 2 is 2.17 bits per heavy atom. The standard InChI is InChI=1S/C14H17ClN2O/c1-17(13-8-9-16-10-13)14(18)7-4-11-2-5-12(15)6-3-11/h2-7,13,16H,8-10H2,1H3. The lowest BCUT2D eigenvalue weighted by atomic mass is 10.2. The van der Waals surface area contributed by atoms with Crippen LogP contribution >= 0.6 is 11.6 Å². The van der Waals surface area contributed by atoms with Crippen molar-refractivity contribution in [2.75, 3.05) is 20.1 Å². The minimum absolute atomic E-state index is 0.0404. The van der Waals surface area contributed by atoms with Crippen molar-refractivity contribution in [2.24, 2.45) is 0 Å². The molecule has 1 saturated heterocycles. The van der Waals surface area contributed by atoms with E-state index in [0.717, 1.165) is 25.1 Å². The summed E-state index contributed by atoms with van der Waals surface area (Å²) in [6.07, 6.45) is 4.45. The molecular formula is C14H17ClN2O. The molecule has 0 radical (unpaired) electrons. The Morgan fingerprint density at radius 1 is 1.44 bits per heavy atom. The van der Waals surface area contributed by atoms with Gasteiger partial charge in [0.2, 0.25) is 5.91 Å². The van der Waals surface area contributed by atoms with Crippen molar-refractivity contribution in [3.05, 3.63) is 40.9 Å². The van der Waals surface area contributed by atoms with Crippen LogP contribution in [0.2, 0.25) is 5.02 Å². The Labute approximate surface area is 112 Å². The van der Waals surface area contributed by atoms with Crippen molar-refractivity contribution in [3.63, 3.8) is 0 Å². The minimum atomic E-state index is 0.0404. The molecule has 1 aromatic carbocycles. The third kappa shape index (κ3) is 3.34. The van der Waals surface area contributed by atoms with E-state index < -0.39 is 0 Å². The maximum Gasteiger partial charge on any atom is 0.246 e. The van der Waals surface area contributed by atoms with Crippen LogP contribution in [0.25, 0.3) is 6.08 Å². The van der Waals surface area contributed by atoms with Crippen molar-refractivity contribution >= 4 is 23.6 Å². The number of rotatable bonds is 3. The topological polar surface area (TPSA) is 32.3 Å². The van der Waals surface area contributed by atoms with Crippen LogP contribution in [0, 0.1) is 0 Å². The molecule has 4 heteroatoms. The Hall–Kier alpha value is -1.32. The summed E-state index contributed by atoms with van der Waals surface area (Å²) in [6, 6.07) is 7.73. The fourth-order valence-corrected chi connectivity index (χ4v) is 2.13. The first-order valence-corrected chi connectivity index (χ1v) is 6.46. The molecule has 0 aliphatic carbocycles. The van der Waals surface area contributed by atoms with E-state index in [1.54, 1.807) is 11.0 Å². The predicted octanol–water partition coefficient (Wildman–Crippen LogP) is 2.17. The number of amides is 1. The molecule has 1 aliphatic rings. The summed E-state index contributed by atoms with van der Waals surface area (Å²) in [5.74, 6) is 0.0404. The number of nitrogens with one attached hydrogen (secondary N) is 1. The molecule has 1 heterocycles. The molecule has 1 unspecified atom stereocenters. The zero-order valence-electron chi connectivity index (χ0n) is 10.4. The second-order valence-electron chi connectivity index (χ2n) is 4.48. The van der Waals surface area contributed by atoms with Crippen molar-refractivity contribution in [1.29, 1.82) is 0 Å². The molecule has 2 rings (SSSR count). The van der Waals surface area contributed by atoms with E-state index in [1.807, 2.05) is 37.4 Å². The highest BCUT2D eigenvalue weighted by molar-refractivity contribution is 6.30. The van der Waals surface area contributed by atoms with Crippen molar-refractivity contribution < 1.29 is 4.79 Å². The van der Waals surface area contributed by atoms with Crippen LogP contribution < -0.4 is 5.32 Å². The first kappa shape index (κ1) is 13.1. The van der Waals surface area contributed by atoms with Gasteiger partial charge in [0, 0.05) is 30.7 Å². The van der Waals surface area contributed by atoms with Gasteiger partial charge in [-0.1, -0.05) is 23.7 Å². The van der Waals surface area contributed by atoms with Crippen molar-refractivity contribution in [2.45, 2.75) is 12.5 Å². The smallest absolute Gasteiger partial charge is 0.246 e. The summed E-state index contributed by atoms with van der Waals surface area (Å²) >= 11 is 5.80. The van der Waals surface area contributed by atoms with E-state index >= 15 is 0 Å². The maximum atomic E-state index is 12.0. The highest BCUT2D eigenvalue weighted by Crippen LogP contribution is 2.11. The Bertz CT molecular complexity index is 436. The zero-order valence-corrected chi connectivity index (χ0v) is 11.2. The van der Waals surface area contributed by atoms with Gasteiger partial charge in [0.05, 0.1) is 0 Å². The zero-order chi connectivity index (χ0) is 13.0. The van der Waals surface area contributed by atoms with Crippen molar-refractivity contribution in [3.8, 4) is 0 Å². The second-order valence-corrected chi connectivity index (χ2v) is 4.92. The molecule has 0 spiro atoms. The molecule has 3 nitrogen and oxygen atoms in total. The summed E-state index contributed by atoms with van der Waals surface area (Å²) in [5, 5.41) is 3.96. The molecule has 1 N–H and O–H groups in total. The average Bonchev–Trinajstić information content (AvgIpc) is 2.90. The van der Waals surface area contributed by atoms with Crippen LogP contribution in [-0.2, 0) is 4.79 Å². The molecule has 96 valence electrons. The van der Waals surface area contributed by atoms with Crippen LogP contribution in [0.1, 0.15) is 12.0 Å². The van der Waals surface area contributed by atoms with Gasteiger partial charge in [0.25, 0.3) is 0 Å². The summed E-state index contributed by atoms with van der Waals surface area (Å²) < 4.78 is 0. The quantitative estimate of drug-likeness (QED) is 0.849. The van der Waals surface area contributed by atoms with E-state index in [1.165, 1.54) is 0 Å². The number of carbonyl (C=O) groups excluding carboxylic acids is 1. The summed E-state index contributed by atoms with van der Waals surface area (Å²) in [5.41, 5.74) is 0.977. The molecule has 0 aromatic heterocycles. The fraction of sp³-hybridized carbons (Fsp3) is 0.357. The number of likely N-dealkylation sites (N-methyl/N-ethyl adjacent to an activating group) is 1. The van der Waals surface area contributed by atoms with Crippen LogP contribution in [-0.4, -0.2) is 37.0 Å². The number of nitrogens with zero attached hydrogens (tertiary/aromatic N) is 1. The average molecular weight is 265 g/mol.